The summed E-state index contributed by atoms with van der Waals surface area (Å²) >= 11 is 5.60. The average molecular weight is 257 g/mol. The van der Waals surface area contributed by atoms with Crippen molar-refractivity contribution in [3.63, 3.8) is 0 Å². The van der Waals surface area contributed by atoms with Gasteiger partial charge in [-0.2, -0.15) is 0 Å². The highest BCUT2D eigenvalue weighted by molar-refractivity contribution is 6.32. The fourth-order valence-electron chi connectivity index (χ4n) is 1.28. The van der Waals surface area contributed by atoms with E-state index in [1.165, 1.54) is 13.0 Å². The Balaban J connectivity index is 3.17. The summed E-state index contributed by atoms with van der Waals surface area (Å²) in [6, 6.07) is 3.01. The molecule has 1 aromatic rings. The van der Waals surface area contributed by atoms with E-state index in [-0.39, 0.29) is 11.4 Å². The van der Waals surface area contributed by atoms with Crippen LogP contribution < -0.4 is 5.32 Å². The normalized spacial score (nSPS) is 12.0. The molecule has 0 aliphatic carbocycles. The van der Waals surface area contributed by atoms with E-state index in [4.69, 9.17) is 11.6 Å². The molecule has 0 radical (unpaired) electrons. The molecular weight excluding hydrogens is 244 g/mol. The van der Waals surface area contributed by atoms with Crippen molar-refractivity contribution in [2.45, 2.75) is 26.1 Å². The number of nitrogens with zero attached hydrogens (tertiary/aromatic N) is 1. The van der Waals surface area contributed by atoms with Crippen molar-refractivity contribution in [2.75, 3.05) is 5.32 Å². The number of rotatable bonds is 3. The lowest BCUT2D eigenvalue weighted by Gasteiger charge is -2.09. The number of alkyl halides is 1. The Kier molecular flexibility index (Phi) is 4.07. The smallest absolute Gasteiger partial charge is 0.293 e. The van der Waals surface area contributed by atoms with Crippen LogP contribution in [0.2, 0.25) is 0 Å². The maximum Gasteiger partial charge on any atom is 0.293 e. The second kappa shape index (κ2) is 5.14. The Morgan fingerprint density at radius 2 is 1.94 bits per heavy atom. The minimum Gasteiger partial charge on any atom is -0.319 e. The number of aryl methyl sites for hydroxylation is 2. The number of anilines is 1. The van der Waals surface area contributed by atoms with Crippen molar-refractivity contribution in [3.05, 3.63) is 33.4 Å². The molecule has 0 saturated carbocycles. The molecule has 0 aliphatic heterocycles. The molecule has 0 bridgehead atoms. The van der Waals surface area contributed by atoms with Gasteiger partial charge in [0.2, 0.25) is 5.91 Å². The van der Waals surface area contributed by atoms with Gasteiger partial charge in [0.25, 0.3) is 5.69 Å². The number of hydrogen-bond donors (Lipinski definition) is 1. The van der Waals surface area contributed by atoms with Crippen molar-refractivity contribution in [2.24, 2.45) is 0 Å². The Hall–Kier alpha value is -1.62. The van der Waals surface area contributed by atoms with Gasteiger partial charge in [-0.3, -0.25) is 14.9 Å². The van der Waals surface area contributed by atoms with Gasteiger partial charge in [0.1, 0.15) is 11.1 Å². The molecule has 1 amide bonds. The van der Waals surface area contributed by atoms with Gasteiger partial charge < -0.3 is 5.32 Å². The Labute approximate surface area is 104 Å². The highest BCUT2D eigenvalue weighted by atomic mass is 35.5. The maximum atomic E-state index is 11.4. The first-order chi connectivity index (χ1) is 7.82. The lowest BCUT2D eigenvalue weighted by molar-refractivity contribution is -0.384. The summed E-state index contributed by atoms with van der Waals surface area (Å²) in [6.07, 6.45) is 0. The van der Waals surface area contributed by atoms with Crippen LogP contribution in [0.4, 0.5) is 11.4 Å². The van der Waals surface area contributed by atoms with E-state index < -0.39 is 16.2 Å². The lowest BCUT2D eigenvalue weighted by atomic mass is 10.1. The molecule has 5 nitrogen and oxygen atoms in total. The Morgan fingerprint density at radius 3 is 2.41 bits per heavy atom. The SMILES string of the molecule is Cc1cc(NC(=O)C(C)Cl)c([N+](=O)[O-])cc1C. The van der Waals surface area contributed by atoms with E-state index in [1.54, 1.807) is 13.0 Å². The highest BCUT2D eigenvalue weighted by Crippen LogP contribution is 2.28. The van der Waals surface area contributed by atoms with Crippen LogP contribution in [0, 0.1) is 24.0 Å². The largest absolute Gasteiger partial charge is 0.319 e. The van der Waals surface area contributed by atoms with Crippen molar-refractivity contribution in [3.8, 4) is 0 Å². The molecule has 0 aliphatic rings. The van der Waals surface area contributed by atoms with Crippen LogP contribution >= 0.6 is 11.6 Å². The van der Waals surface area contributed by atoms with Gasteiger partial charge in [0.15, 0.2) is 0 Å². The molecule has 17 heavy (non-hydrogen) atoms. The van der Waals surface area contributed by atoms with Crippen LogP contribution in [0.5, 0.6) is 0 Å². The summed E-state index contributed by atoms with van der Waals surface area (Å²) < 4.78 is 0. The quantitative estimate of drug-likeness (QED) is 0.513. The first kappa shape index (κ1) is 13.4. The van der Waals surface area contributed by atoms with E-state index >= 15 is 0 Å². The summed E-state index contributed by atoms with van der Waals surface area (Å²) in [5.41, 5.74) is 1.72. The fourth-order valence-corrected chi connectivity index (χ4v) is 1.34. The van der Waals surface area contributed by atoms with Crippen LogP contribution in [-0.2, 0) is 4.79 Å². The first-order valence-corrected chi connectivity index (χ1v) is 5.47. The lowest BCUT2D eigenvalue weighted by Crippen LogP contribution is -2.21. The minimum atomic E-state index is -0.740. The van der Waals surface area contributed by atoms with Crippen molar-refractivity contribution >= 4 is 28.9 Å². The molecule has 1 rings (SSSR count). The van der Waals surface area contributed by atoms with Crippen LogP contribution in [0.15, 0.2) is 12.1 Å². The van der Waals surface area contributed by atoms with Crippen molar-refractivity contribution in [1.82, 2.24) is 0 Å². The van der Waals surface area contributed by atoms with Crippen LogP contribution in [0.1, 0.15) is 18.1 Å². The molecule has 1 N–H and O–H groups in total. The third-order valence-electron chi connectivity index (χ3n) is 2.43. The van der Waals surface area contributed by atoms with Gasteiger partial charge in [-0.15, -0.1) is 11.6 Å². The van der Waals surface area contributed by atoms with E-state index in [1.807, 2.05) is 6.92 Å². The van der Waals surface area contributed by atoms with E-state index in [0.29, 0.717) is 0 Å². The van der Waals surface area contributed by atoms with Gasteiger partial charge >= 0.3 is 0 Å². The molecule has 1 atom stereocenters. The van der Waals surface area contributed by atoms with Gasteiger partial charge in [0, 0.05) is 6.07 Å². The van der Waals surface area contributed by atoms with Crippen molar-refractivity contribution in [1.29, 1.82) is 0 Å². The number of nitro groups is 1. The molecule has 92 valence electrons. The summed E-state index contributed by atoms with van der Waals surface area (Å²) in [5, 5.41) is 12.6. The van der Waals surface area contributed by atoms with Crippen molar-refractivity contribution < 1.29 is 9.72 Å². The number of amides is 1. The highest BCUT2D eigenvalue weighted by Gasteiger charge is 2.19. The Morgan fingerprint density at radius 1 is 1.41 bits per heavy atom. The molecule has 0 fully saturated rings. The topological polar surface area (TPSA) is 72.2 Å². The number of carbonyl (C=O) groups excluding carboxylic acids is 1. The monoisotopic (exact) mass is 256 g/mol. The van der Waals surface area contributed by atoms with Gasteiger partial charge in [0.05, 0.1) is 4.92 Å². The summed E-state index contributed by atoms with van der Waals surface area (Å²) in [7, 11) is 0. The zero-order valence-corrected chi connectivity index (χ0v) is 10.5. The third kappa shape index (κ3) is 3.17. The van der Waals surface area contributed by atoms with Crippen LogP contribution in [0.25, 0.3) is 0 Å². The van der Waals surface area contributed by atoms with Gasteiger partial charge in [-0.1, -0.05) is 0 Å². The van der Waals surface area contributed by atoms with Crippen LogP contribution in [-0.4, -0.2) is 16.2 Å². The number of carbonyl (C=O) groups is 1. The number of nitrogens with one attached hydrogen (secondary N) is 1. The van der Waals surface area contributed by atoms with Gasteiger partial charge in [-0.05, 0) is 38.0 Å². The molecule has 1 aromatic carbocycles. The molecule has 0 saturated heterocycles. The molecular formula is C11H13ClN2O3. The predicted octanol–water partition coefficient (Wildman–Crippen LogP) is 2.78. The van der Waals surface area contributed by atoms with Gasteiger partial charge in [-0.25, -0.2) is 0 Å². The Bertz CT molecular complexity index is 472. The van der Waals surface area contributed by atoms with Crippen LogP contribution in [0.3, 0.4) is 0 Å². The molecule has 1 unspecified atom stereocenters. The zero-order chi connectivity index (χ0) is 13.2. The summed E-state index contributed by atoms with van der Waals surface area (Å²) in [6.45, 7) is 5.10. The minimum absolute atomic E-state index is 0.126. The molecule has 0 aromatic heterocycles. The second-order valence-corrected chi connectivity index (χ2v) is 4.47. The number of halogens is 1. The first-order valence-electron chi connectivity index (χ1n) is 5.03. The number of nitro benzene ring substituents is 1. The fraction of sp³-hybridized carbons (Fsp3) is 0.364. The zero-order valence-electron chi connectivity index (χ0n) is 9.78. The predicted molar refractivity (Wildman–Crippen MR) is 66.5 cm³/mol. The maximum absolute atomic E-state index is 11.4. The van der Waals surface area contributed by atoms with E-state index in [0.717, 1.165) is 11.1 Å². The average Bonchev–Trinajstić information content (AvgIpc) is 2.22. The molecule has 0 spiro atoms. The van der Waals surface area contributed by atoms with E-state index in [9.17, 15) is 14.9 Å². The number of hydrogen-bond acceptors (Lipinski definition) is 3. The molecule has 6 heteroatoms. The second-order valence-electron chi connectivity index (χ2n) is 3.82. The van der Waals surface area contributed by atoms with E-state index in [2.05, 4.69) is 5.32 Å². The third-order valence-corrected chi connectivity index (χ3v) is 2.63. The summed E-state index contributed by atoms with van der Waals surface area (Å²) in [5.74, 6) is -0.460. The number of benzene rings is 1. The molecule has 0 heterocycles. The summed E-state index contributed by atoms with van der Waals surface area (Å²) in [4.78, 5) is 21.7. The standard InChI is InChI=1S/C11H13ClN2O3/c1-6-4-9(13-11(15)8(3)12)10(14(16)17)5-7(6)2/h4-5,8H,1-3H3,(H,13,15).